The summed E-state index contributed by atoms with van der Waals surface area (Å²) in [5, 5.41) is 2.83. The maximum absolute atomic E-state index is 11.3. The van der Waals surface area contributed by atoms with Gasteiger partial charge in [0.25, 0.3) is 0 Å². The summed E-state index contributed by atoms with van der Waals surface area (Å²) in [6.07, 6.45) is 2.22. The Morgan fingerprint density at radius 2 is 2.29 bits per heavy atom. The third kappa shape index (κ3) is 1.67. The Morgan fingerprint density at radius 3 is 3.00 bits per heavy atom. The lowest BCUT2D eigenvalue weighted by atomic mass is 10.1. The number of benzene rings is 1. The maximum atomic E-state index is 11.3. The second kappa shape index (κ2) is 3.70. The first-order valence-corrected chi connectivity index (χ1v) is 6.04. The number of halogens is 1. The van der Waals surface area contributed by atoms with E-state index in [1.807, 2.05) is 29.8 Å². The van der Waals surface area contributed by atoms with Crippen molar-refractivity contribution in [1.82, 2.24) is 9.55 Å². The zero-order chi connectivity index (χ0) is 12.0. The van der Waals surface area contributed by atoms with E-state index in [9.17, 15) is 4.79 Å². The van der Waals surface area contributed by atoms with Gasteiger partial charge >= 0.3 is 0 Å². The monoisotopic (exact) mass is 291 g/mol. The van der Waals surface area contributed by atoms with E-state index in [0.717, 1.165) is 27.1 Å². The van der Waals surface area contributed by atoms with Crippen molar-refractivity contribution in [2.45, 2.75) is 6.42 Å². The lowest BCUT2D eigenvalue weighted by Gasteiger charge is -2.05. The van der Waals surface area contributed by atoms with Crippen LogP contribution in [0.15, 0.2) is 29.1 Å². The Kier molecular flexibility index (Phi) is 2.29. The predicted octanol–water partition coefficient (Wildman–Crippen LogP) is 2.34. The number of amides is 1. The number of anilines is 1. The van der Waals surface area contributed by atoms with E-state index in [1.165, 1.54) is 0 Å². The lowest BCUT2D eigenvalue weighted by Crippen LogP contribution is -2.03. The molecule has 17 heavy (non-hydrogen) atoms. The first-order valence-electron chi connectivity index (χ1n) is 5.25. The highest BCUT2D eigenvalue weighted by Crippen LogP contribution is 2.31. The summed E-state index contributed by atoms with van der Waals surface area (Å²) in [5.74, 6) is 0.0567. The number of hydrogen-bond donors (Lipinski definition) is 1. The van der Waals surface area contributed by atoms with Crippen LogP contribution in [0.4, 0.5) is 5.69 Å². The highest BCUT2D eigenvalue weighted by molar-refractivity contribution is 9.10. The average Bonchev–Trinajstić information content (AvgIpc) is 2.80. The maximum Gasteiger partial charge on any atom is 0.228 e. The van der Waals surface area contributed by atoms with Gasteiger partial charge in [-0.1, -0.05) is 6.07 Å². The molecule has 2 heterocycles. The summed E-state index contributed by atoms with van der Waals surface area (Å²) in [7, 11) is 1.95. The van der Waals surface area contributed by atoms with Crippen LogP contribution in [0.1, 0.15) is 5.56 Å². The quantitative estimate of drug-likeness (QED) is 0.877. The Bertz CT molecular complexity index is 599. The first kappa shape index (κ1) is 10.5. The molecule has 0 atom stereocenters. The molecule has 86 valence electrons. The molecule has 4 nitrogen and oxygen atoms in total. The van der Waals surface area contributed by atoms with Crippen molar-refractivity contribution in [3.8, 4) is 11.3 Å². The molecule has 3 rings (SSSR count). The van der Waals surface area contributed by atoms with Gasteiger partial charge in [0, 0.05) is 18.3 Å². The highest BCUT2D eigenvalue weighted by atomic mass is 79.9. The van der Waals surface area contributed by atoms with E-state index in [0.29, 0.717) is 6.42 Å². The fraction of sp³-hybridized carbons (Fsp3) is 0.167. The fourth-order valence-electron chi connectivity index (χ4n) is 2.10. The molecule has 0 fully saturated rings. The Morgan fingerprint density at radius 1 is 1.47 bits per heavy atom. The largest absolute Gasteiger partial charge is 0.333 e. The van der Waals surface area contributed by atoms with Crippen LogP contribution in [-0.2, 0) is 18.3 Å². The van der Waals surface area contributed by atoms with Gasteiger partial charge in [-0.3, -0.25) is 4.79 Å². The van der Waals surface area contributed by atoms with E-state index in [4.69, 9.17) is 0 Å². The standard InChI is InChI=1S/C12H10BrN3O/c1-16-6-14-12(13)11(16)7-2-3-9-8(4-7)5-10(17)15-9/h2-4,6H,5H2,1H3,(H,15,17). The second-order valence-corrected chi connectivity index (χ2v) is 4.84. The summed E-state index contributed by atoms with van der Waals surface area (Å²) in [4.78, 5) is 15.5. The molecule has 1 aliphatic heterocycles. The van der Waals surface area contributed by atoms with Gasteiger partial charge < -0.3 is 9.88 Å². The molecule has 1 aromatic heterocycles. The third-order valence-corrected chi connectivity index (χ3v) is 3.48. The van der Waals surface area contributed by atoms with Crippen LogP contribution in [0.2, 0.25) is 0 Å². The molecule has 0 saturated heterocycles. The van der Waals surface area contributed by atoms with Gasteiger partial charge in [-0.05, 0) is 33.6 Å². The van der Waals surface area contributed by atoms with E-state index in [2.05, 4.69) is 26.2 Å². The van der Waals surface area contributed by atoms with Crippen LogP contribution in [0, 0.1) is 0 Å². The van der Waals surface area contributed by atoms with E-state index >= 15 is 0 Å². The minimum Gasteiger partial charge on any atom is -0.333 e. The summed E-state index contributed by atoms with van der Waals surface area (Å²) in [6.45, 7) is 0. The molecule has 0 radical (unpaired) electrons. The number of carbonyl (C=O) groups excluding carboxylic acids is 1. The molecule has 1 N–H and O–H groups in total. The summed E-state index contributed by atoms with van der Waals surface area (Å²) >= 11 is 3.43. The molecule has 0 bridgehead atoms. The van der Waals surface area contributed by atoms with Crippen molar-refractivity contribution >= 4 is 27.5 Å². The summed E-state index contributed by atoms with van der Waals surface area (Å²) in [5.41, 5.74) is 4.04. The minimum absolute atomic E-state index is 0.0567. The third-order valence-electron chi connectivity index (χ3n) is 2.90. The lowest BCUT2D eigenvalue weighted by molar-refractivity contribution is -0.115. The number of aryl methyl sites for hydroxylation is 1. The molecule has 5 heteroatoms. The van der Waals surface area contributed by atoms with Gasteiger partial charge in [0.05, 0.1) is 18.4 Å². The molecule has 0 saturated carbocycles. The molecule has 0 spiro atoms. The van der Waals surface area contributed by atoms with Gasteiger partial charge in [0.1, 0.15) is 4.60 Å². The van der Waals surface area contributed by atoms with Gasteiger partial charge in [-0.25, -0.2) is 4.98 Å². The van der Waals surface area contributed by atoms with E-state index < -0.39 is 0 Å². The predicted molar refractivity (Wildman–Crippen MR) is 68.7 cm³/mol. The molecular weight excluding hydrogens is 282 g/mol. The zero-order valence-corrected chi connectivity index (χ0v) is 10.8. The van der Waals surface area contributed by atoms with Gasteiger partial charge in [0.2, 0.25) is 5.91 Å². The highest BCUT2D eigenvalue weighted by Gasteiger charge is 2.19. The molecule has 1 amide bonds. The summed E-state index contributed by atoms with van der Waals surface area (Å²) < 4.78 is 2.77. The Hall–Kier alpha value is -1.62. The van der Waals surface area contributed by atoms with Gasteiger partial charge in [-0.2, -0.15) is 0 Å². The van der Waals surface area contributed by atoms with Crippen molar-refractivity contribution < 1.29 is 4.79 Å². The molecule has 0 unspecified atom stereocenters. The fourth-order valence-corrected chi connectivity index (χ4v) is 2.70. The number of fused-ring (bicyclic) bond motifs is 1. The Balaban J connectivity index is 2.12. The van der Waals surface area contributed by atoms with Crippen molar-refractivity contribution in [3.05, 3.63) is 34.7 Å². The topological polar surface area (TPSA) is 46.9 Å². The molecule has 2 aromatic rings. The SMILES string of the molecule is Cn1cnc(Br)c1-c1ccc2c(c1)CC(=O)N2. The van der Waals surface area contributed by atoms with Crippen molar-refractivity contribution in [2.75, 3.05) is 5.32 Å². The van der Waals surface area contributed by atoms with Crippen LogP contribution in [0.5, 0.6) is 0 Å². The second-order valence-electron chi connectivity index (χ2n) is 4.09. The number of aromatic nitrogens is 2. The number of nitrogens with one attached hydrogen (secondary N) is 1. The number of nitrogens with zero attached hydrogens (tertiary/aromatic N) is 2. The van der Waals surface area contributed by atoms with Gasteiger partial charge in [-0.15, -0.1) is 0 Å². The van der Waals surface area contributed by atoms with E-state index in [1.54, 1.807) is 6.33 Å². The van der Waals surface area contributed by atoms with Crippen molar-refractivity contribution in [2.24, 2.45) is 7.05 Å². The van der Waals surface area contributed by atoms with Crippen LogP contribution in [0.3, 0.4) is 0 Å². The number of imidazole rings is 1. The van der Waals surface area contributed by atoms with Gasteiger partial charge in [0.15, 0.2) is 0 Å². The van der Waals surface area contributed by atoms with Crippen molar-refractivity contribution in [1.29, 1.82) is 0 Å². The normalized spacial score (nSPS) is 13.6. The summed E-state index contributed by atoms with van der Waals surface area (Å²) in [6, 6.07) is 5.97. The molecule has 1 aromatic carbocycles. The Labute approximate surface area is 107 Å². The molecule has 0 aliphatic carbocycles. The molecular formula is C12H10BrN3O. The zero-order valence-electron chi connectivity index (χ0n) is 9.20. The van der Waals surface area contributed by atoms with Crippen molar-refractivity contribution in [3.63, 3.8) is 0 Å². The van der Waals surface area contributed by atoms with Crippen LogP contribution in [0.25, 0.3) is 11.3 Å². The number of carbonyl (C=O) groups is 1. The van der Waals surface area contributed by atoms with Crippen LogP contribution >= 0.6 is 15.9 Å². The van der Waals surface area contributed by atoms with Crippen LogP contribution < -0.4 is 5.32 Å². The smallest absolute Gasteiger partial charge is 0.228 e. The van der Waals surface area contributed by atoms with E-state index in [-0.39, 0.29) is 5.91 Å². The average molecular weight is 292 g/mol. The number of rotatable bonds is 1. The first-order chi connectivity index (χ1) is 8.15. The van der Waals surface area contributed by atoms with Crippen LogP contribution in [-0.4, -0.2) is 15.5 Å². The number of hydrogen-bond acceptors (Lipinski definition) is 2. The minimum atomic E-state index is 0.0567. The molecule has 1 aliphatic rings.